The summed E-state index contributed by atoms with van der Waals surface area (Å²) in [5.41, 5.74) is 3.41. The Morgan fingerprint density at radius 3 is 1.88 bits per heavy atom. The van der Waals surface area contributed by atoms with Crippen LogP contribution in [0.3, 0.4) is 0 Å². The van der Waals surface area contributed by atoms with Crippen molar-refractivity contribution in [2.45, 2.75) is 6.42 Å². The molecular weight excluding hydrogens is 310 g/mol. The first-order chi connectivity index (χ1) is 12.3. The van der Waals surface area contributed by atoms with Crippen molar-refractivity contribution in [2.24, 2.45) is 0 Å². The maximum absolute atomic E-state index is 9.41. The third-order valence-corrected chi connectivity index (χ3v) is 4.45. The second-order valence-electron chi connectivity index (χ2n) is 5.88. The van der Waals surface area contributed by atoms with E-state index in [4.69, 9.17) is 0 Å². The van der Waals surface area contributed by atoms with Gasteiger partial charge in [0.05, 0.1) is 28.1 Å². The molecule has 3 rings (SSSR count). The number of nitrogens with zero attached hydrogens (tertiary/aromatic N) is 5. The van der Waals surface area contributed by atoms with Crippen LogP contribution in [0.15, 0.2) is 42.5 Å². The minimum Gasteiger partial charge on any atom is -0.369 e. The second-order valence-corrected chi connectivity index (χ2v) is 5.88. The summed E-state index contributed by atoms with van der Waals surface area (Å²) in [5, 5.41) is 28.1. The van der Waals surface area contributed by atoms with Crippen LogP contribution in [0.1, 0.15) is 23.1 Å². The molecule has 0 N–H and O–H groups in total. The minimum atomic E-state index is 0.532. The predicted molar refractivity (Wildman–Crippen MR) is 96.1 cm³/mol. The van der Waals surface area contributed by atoms with Crippen LogP contribution in [0.2, 0.25) is 0 Å². The number of nitriles is 3. The molecule has 0 bridgehead atoms. The number of benzene rings is 2. The van der Waals surface area contributed by atoms with Crippen LogP contribution in [-0.2, 0) is 0 Å². The van der Waals surface area contributed by atoms with E-state index in [1.807, 2.05) is 24.3 Å². The highest BCUT2D eigenvalue weighted by atomic mass is 15.2. The normalized spacial score (nSPS) is 14.1. The van der Waals surface area contributed by atoms with Gasteiger partial charge >= 0.3 is 0 Å². The Balaban J connectivity index is 1.88. The molecule has 25 heavy (non-hydrogen) atoms. The van der Waals surface area contributed by atoms with Crippen molar-refractivity contribution in [1.82, 2.24) is 0 Å². The van der Waals surface area contributed by atoms with Gasteiger partial charge in [-0.15, -0.1) is 0 Å². The van der Waals surface area contributed by atoms with Gasteiger partial charge in [0.2, 0.25) is 0 Å². The third kappa shape index (κ3) is 3.25. The third-order valence-electron chi connectivity index (χ3n) is 4.45. The number of para-hydroxylation sites is 2. The molecule has 5 nitrogen and oxygen atoms in total. The van der Waals surface area contributed by atoms with E-state index in [1.54, 1.807) is 18.2 Å². The molecule has 1 saturated heterocycles. The van der Waals surface area contributed by atoms with E-state index in [9.17, 15) is 15.8 Å². The van der Waals surface area contributed by atoms with E-state index in [-0.39, 0.29) is 0 Å². The Labute approximate surface area is 147 Å². The topological polar surface area (TPSA) is 77.8 Å². The summed E-state index contributed by atoms with van der Waals surface area (Å²) in [4.78, 5) is 4.33. The highest BCUT2D eigenvalue weighted by Crippen LogP contribution is 2.27. The van der Waals surface area contributed by atoms with E-state index < -0.39 is 0 Å². The molecule has 122 valence electrons. The number of anilines is 2. The van der Waals surface area contributed by atoms with Gasteiger partial charge in [-0.25, -0.2) is 0 Å². The van der Waals surface area contributed by atoms with Crippen molar-refractivity contribution in [3.63, 3.8) is 0 Å². The lowest BCUT2D eigenvalue weighted by molar-refractivity contribution is 0.804. The monoisotopic (exact) mass is 327 g/mol. The number of hydrogen-bond donors (Lipinski definition) is 0. The summed E-state index contributed by atoms with van der Waals surface area (Å²) in [5.74, 6) is 0. The molecule has 1 fully saturated rings. The minimum absolute atomic E-state index is 0.532. The molecule has 0 saturated carbocycles. The molecule has 1 aliphatic rings. The molecule has 0 aromatic heterocycles. The van der Waals surface area contributed by atoms with Crippen molar-refractivity contribution >= 4 is 11.4 Å². The average Bonchev–Trinajstić information content (AvgIpc) is 2.93. The lowest BCUT2D eigenvalue weighted by Crippen LogP contribution is -2.31. The summed E-state index contributed by atoms with van der Waals surface area (Å²) in [6.45, 7) is 3.06. The number of hydrogen-bond acceptors (Lipinski definition) is 5. The van der Waals surface area contributed by atoms with Gasteiger partial charge in [0.25, 0.3) is 0 Å². The molecule has 0 aliphatic carbocycles. The molecular formula is C20H17N5. The largest absolute Gasteiger partial charge is 0.369 e. The lowest BCUT2D eigenvalue weighted by atomic mass is 10.1. The molecule has 2 aromatic rings. The highest BCUT2D eigenvalue weighted by molar-refractivity contribution is 5.68. The van der Waals surface area contributed by atoms with Gasteiger partial charge in [0.15, 0.2) is 0 Å². The van der Waals surface area contributed by atoms with Crippen LogP contribution in [0.25, 0.3) is 0 Å². The fourth-order valence-electron chi connectivity index (χ4n) is 3.29. The van der Waals surface area contributed by atoms with E-state index in [2.05, 4.69) is 28.0 Å². The van der Waals surface area contributed by atoms with Gasteiger partial charge in [0.1, 0.15) is 18.2 Å². The van der Waals surface area contributed by atoms with Crippen molar-refractivity contribution in [3.05, 3.63) is 59.2 Å². The van der Waals surface area contributed by atoms with Crippen LogP contribution in [0.5, 0.6) is 0 Å². The Morgan fingerprint density at radius 2 is 1.20 bits per heavy atom. The second kappa shape index (κ2) is 7.39. The predicted octanol–water partition coefficient (Wildman–Crippen LogP) is 3.02. The Hall–Kier alpha value is -3.49. The van der Waals surface area contributed by atoms with Gasteiger partial charge in [-0.2, -0.15) is 15.8 Å². The van der Waals surface area contributed by atoms with E-state index in [0.717, 1.165) is 37.4 Å². The molecule has 1 heterocycles. The molecule has 0 amide bonds. The first-order valence-corrected chi connectivity index (χ1v) is 8.20. The van der Waals surface area contributed by atoms with Crippen molar-refractivity contribution in [3.8, 4) is 18.2 Å². The van der Waals surface area contributed by atoms with E-state index in [1.165, 1.54) is 0 Å². The van der Waals surface area contributed by atoms with Crippen molar-refractivity contribution in [2.75, 3.05) is 36.0 Å². The van der Waals surface area contributed by atoms with Crippen molar-refractivity contribution < 1.29 is 0 Å². The van der Waals surface area contributed by atoms with Crippen LogP contribution >= 0.6 is 0 Å². The Morgan fingerprint density at radius 1 is 0.640 bits per heavy atom. The first kappa shape index (κ1) is 16.4. The summed E-state index contributed by atoms with van der Waals surface area (Å²) in [7, 11) is 0. The maximum Gasteiger partial charge on any atom is 0.101 e. The van der Waals surface area contributed by atoms with E-state index in [0.29, 0.717) is 23.2 Å². The van der Waals surface area contributed by atoms with Crippen LogP contribution in [-0.4, -0.2) is 26.2 Å². The summed E-state index contributed by atoms with van der Waals surface area (Å²) < 4.78 is 0. The standard InChI is InChI=1S/C20H17N5/c21-13-16-5-1-2-8-19(16)24-9-4-10-25(12-11-24)20-17(14-22)6-3-7-18(20)15-23/h1-3,5-8H,4,9-12H2. The molecule has 0 atom stereocenters. The molecule has 1 aliphatic heterocycles. The fourth-order valence-corrected chi connectivity index (χ4v) is 3.29. The summed E-state index contributed by atoms with van der Waals surface area (Å²) >= 11 is 0. The highest BCUT2D eigenvalue weighted by Gasteiger charge is 2.21. The number of rotatable bonds is 2. The zero-order valence-corrected chi connectivity index (χ0v) is 13.8. The maximum atomic E-state index is 9.41. The van der Waals surface area contributed by atoms with Crippen LogP contribution in [0, 0.1) is 34.0 Å². The quantitative estimate of drug-likeness (QED) is 0.847. The van der Waals surface area contributed by atoms with Gasteiger partial charge in [-0.1, -0.05) is 18.2 Å². The van der Waals surface area contributed by atoms with Crippen LogP contribution in [0.4, 0.5) is 11.4 Å². The molecule has 0 radical (unpaired) electrons. The Kier molecular flexibility index (Phi) is 4.84. The average molecular weight is 327 g/mol. The van der Waals surface area contributed by atoms with Gasteiger partial charge in [0, 0.05) is 26.2 Å². The molecule has 2 aromatic carbocycles. The van der Waals surface area contributed by atoms with Gasteiger partial charge in [-0.3, -0.25) is 0 Å². The molecule has 5 heteroatoms. The van der Waals surface area contributed by atoms with E-state index >= 15 is 0 Å². The fraction of sp³-hybridized carbons (Fsp3) is 0.250. The van der Waals surface area contributed by atoms with Gasteiger partial charge < -0.3 is 9.80 Å². The summed E-state index contributed by atoms with van der Waals surface area (Å²) in [6, 6.07) is 19.5. The zero-order valence-electron chi connectivity index (χ0n) is 13.8. The molecule has 0 unspecified atom stereocenters. The molecule has 0 spiro atoms. The summed E-state index contributed by atoms with van der Waals surface area (Å²) in [6.07, 6.45) is 0.893. The lowest BCUT2D eigenvalue weighted by Gasteiger charge is -2.26. The van der Waals surface area contributed by atoms with Gasteiger partial charge in [-0.05, 0) is 30.7 Å². The smallest absolute Gasteiger partial charge is 0.101 e. The SMILES string of the molecule is N#Cc1ccccc1N1CCCN(c2c(C#N)cccc2C#N)CC1. The first-order valence-electron chi connectivity index (χ1n) is 8.20. The Bertz CT molecular complexity index is 865. The van der Waals surface area contributed by atoms with Crippen molar-refractivity contribution in [1.29, 1.82) is 15.8 Å². The zero-order chi connectivity index (χ0) is 17.6. The van der Waals surface area contributed by atoms with Crippen LogP contribution < -0.4 is 9.80 Å².